The summed E-state index contributed by atoms with van der Waals surface area (Å²) in [5.74, 6) is 0.312. The van der Waals surface area contributed by atoms with Gasteiger partial charge in [0.1, 0.15) is 11.3 Å². The van der Waals surface area contributed by atoms with Gasteiger partial charge in [-0.05, 0) is 77.4 Å². The SMILES string of the molecule is CC(C)N(C[C@H]1CCCN(Cn2nc(-c3cccs3)c3ccccc3c2=O)C1)C(=O)OC(C)(C)C. The van der Waals surface area contributed by atoms with Crippen molar-refractivity contribution in [2.75, 3.05) is 19.6 Å². The van der Waals surface area contributed by atoms with Crippen molar-refractivity contribution in [3.63, 3.8) is 0 Å². The second-order valence-corrected chi connectivity index (χ2v) is 11.6. The fourth-order valence-electron chi connectivity index (χ4n) is 4.64. The van der Waals surface area contributed by atoms with Gasteiger partial charge < -0.3 is 9.64 Å². The van der Waals surface area contributed by atoms with E-state index in [1.165, 1.54) is 0 Å². The quantitative estimate of drug-likeness (QED) is 0.455. The van der Waals surface area contributed by atoms with Gasteiger partial charge in [-0.2, -0.15) is 5.10 Å². The third-order valence-corrected chi connectivity index (χ3v) is 7.14. The fourth-order valence-corrected chi connectivity index (χ4v) is 5.36. The van der Waals surface area contributed by atoms with Crippen molar-refractivity contribution >= 4 is 28.2 Å². The molecule has 2 aromatic heterocycles. The Balaban J connectivity index is 1.53. The van der Waals surface area contributed by atoms with E-state index in [2.05, 4.69) is 4.90 Å². The molecule has 1 amide bonds. The highest BCUT2D eigenvalue weighted by Gasteiger charge is 2.29. The van der Waals surface area contributed by atoms with Crippen LogP contribution in [0.2, 0.25) is 0 Å². The van der Waals surface area contributed by atoms with Crippen LogP contribution < -0.4 is 5.56 Å². The number of carbonyl (C=O) groups is 1. The predicted molar refractivity (Wildman–Crippen MR) is 142 cm³/mol. The van der Waals surface area contributed by atoms with E-state index in [0.717, 1.165) is 41.9 Å². The molecular formula is C27H36N4O3S. The minimum Gasteiger partial charge on any atom is -0.444 e. The molecule has 1 saturated heterocycles. The monoisotopic (exact) mass is 496 g/mol. The van der Waals surface area contributed by atoms with Crippen LogP contribution in [0.5, 0.6) is 0 Å². The van der Waals surface area contributed by atoms with Crippen LogP contribution in [0, 0.1) is 5.92 Å². The number of piperidine rings is 1. The van der Waals surface area contributed by atoms with Crippen LogP contribution >= 0.6 is 11.3 Å². The zero-order chi connectivity index (χ0) is 25.2. The maximum absolute atomic E-state index is 13.3. The van der Waals surface area contributed by atoms with Crippen LogP contribution in [0.4, 0.5) is 4.79 Å². The van der Waals surface area contributed by atoms with Crippen molar-refractivity contribution < 1.29 is 9.53 Å². The summed E-state index contributed by atoms with van der Waals surface area (Å²) in [5.41, 5.74) is 0.256. The Labute approximate surface area is 211 Å². The Morgan fingerprint density at radius 1 is 1.20 bits per heavy atom. The number of hydrogen-bond donors (Lipinski definition) is 0. The molecular weight excluding hydrogens is 460 g/mol. The highest BCUT2D eigenvalue weighted by atomic mass is 32.1. The molecule has 0 aliphatic carbocycles. The molecule has 8 heteroatoms. The van der Waals surface area contributed by atoms with Crippen LogP contribution in [-0.2, 0) is 11.4 Å². The number of hydrogen-bond acceptors (Lipinski definition) is 6. The number of benzene rings is 1. The van der Waals surface area contributed by atoms with Gasteiger partial charge in [0.15, 0.2) is 0 Å². The Kier molecular flexibility index (Phi) is 7.62. The lowest BCUT2D eigenvalue weighted by Crippen LogP contribution is -2.47. The van der Waals surface area contributed by atoms with Gasteiger partial charge in [-0.1, -0.05) is 24.3 Å². The van der Waals surface area contributed by atoms with Crippen molar-refractivity contribution in [1.29, 1.82) is 0 Å². The summed E-state index contributed by atoms with van der Waals surface area (Å²) in [6.45, 7) is 12.5. The summed E-state index contributed by atoms with van der Waals surface area (Å²) in [5, 5.41) is 8.41. The Bertz CT molecular complexity index is 1210. The number of likely N-dealkylation sites (tertiary alicyclic amines) is 1. The summed E-state index contributed by atoms with van der Waals surface area (Å²) in [6.07, 6.45) is 1.80. The largest absolute Gasteiger partial charge is 0.444 e. The number of aromatic nitrogens is 2. The molecule has 3 heterocycles. The minimum absolute atomic E-state index is 0.0540. The zero-order valence-corrected chi connectivity index (χ0v) is 22.2. The van der Waals surface area contributed by atoms with E-state index in [0.29, 0.717) is 24.5 Å². The number of ether oxygens (including phenoxy) is 1. The van der Waals surface area contributed by atoms with Crippen molar-refractivity contribution in [2.45, 2.75) is 65.8 Å². The molecule has 0 N–H and O–H groups in total. The zero-order valence-electron chi connectivity index (χ0n) is 21.4. The fraction of sp³-hybridized carbons (Fsp3) is 0.519. The first-order chi connectivity index (χ1) is 16.6. The molecule has 1 fully saturated rings. The number of rotatable bonds is 6. The summed E-state index contributed by atoms with van der Waals surface area (Å²) < 4.78 is 7.25. The second kappa shape index (κ2) is 10.5. The number of amides is 1. The normalized spacial score (nSPS) is 17.1. The Morgan fingerprint density at radius 3 is 2.60 bits per heavy atom. The summed E-state index contributed by atoms with van der Waals surface area (Å²) in [7, 11) is 0. The van der Waals surface area contributed by atoms with Gasteiger partial charge in [-0.3, -0.25) is 9.69 Å². The lowest BCUT2D eigenvalue weighted by molar-refractivity contribution is 0.0108. The van der Waals surface area contributed by atoms with Gasteiger partial charge in [0.25, 0.3) is 5.56 Å². The lowest BCUT2D eigenvalue weighted by atomic mass is 9.97. The first kappa shape index (κ1) is 25.4. The van der Waals surface area contributed by atoms with Crippen molar-refractivity contribution in [3.8, 4) is 10.6 Å². The lowest BCUT2D eigenvalue weighted by Gasteiger charge is -2.37. The summed E-state index contributed by atoms with van der Waals surface area (Å²) >= 11 is 1.63. The molecule has 7 nitrogen and oxygen atoms in total. The van der Waals surface area contributed by atoms with Crippen LogP contribution in [0.15, 0.2) is 46.6 Å². The highest BCUT2D eigenvalue weighted by molar-refractivity contribution is 7.13. The molecule has 188 valence electrons. The molecule has 1 aliphatic heterocycles. The highest BCUT2D eigenvalue weighted by Crippen LogP contribution is 2.28. The molecule has 4 rings (SSSR count). The maximum atomic E-state index is 13.3. The molecule has 1 aliphatic rings. The Morgan fingerprint density at radius 2 is 1.94 bits per heavy atom. The number of nitrogens with zero attached hydrogens (tertiary/aromatic N) is 4. The molecule has 0 radical (unpaired) electrons. The number of thiophene rings is 1. The van der Waals surface area contributed by atoms with Crippen LogP contribution in [0.3, 0.4) is 0 Å². The van der Waals surface area contributed by atoms with E-state index in [4.69, 9.17) is 9.84 Å². The number of carbonyl (C=O) groups excluding carboxylic acids is 1. The third-order valence-electron chi connectivity index (χ3n) is 6.27. The number of fused-ring (bicyclic) bond motifs is 1. The summed E-state index contributed by atoms with van der Waals surface area (Å²) in [4.78, 5) is 31.3. The van der Waals surface area contributed by atoms with Crippen LogP contribution in [-0.4, -0.2) is 57.0 Å². The predicted octanol–water partition coefficient (Wildman–Crippen LogP) is 5.44. The van der Waals surface area contributed by atoms with Crippen molar-refractivity contribution in [2.24, 2.45) is 5.92 Å². The van der Waals surface area contributed by atoms with Crippen molar-refractivity contribution in [1.82, 2.24) is 19.6 Å². The van der Waals surface area contributed by atoms with Gasteiger partial charge in [-0.15, -0.1) is 11.3 Å². The molecule has 0 spiro atoms. The van der Waals surface area contributed by atoms with E-state index < -0.39 is 5.60 Å². The van der Waals surface area contributed by atoms with Gasteiger partial charge >= 0.3 is 6.09 Å². The second-order valence-electron chi connectivity index (χ2n) is 10.6. The molecule has 35 heavy (non-hydrogen) atoms. The Hall–Kier alpha value is -2.71. The molecule has 1 aromatic carbocycles. The minimum atomic E-state index is -0.522. The first-order valence-corrected chi connectivity index (χ1v) is 13.3. The maximum Gasteiger partial charge on any atom is 0.410 e. The topological polar surface area (TPSA) is 67.7 Å². The van der Waals surface area contributed by atoms with Gasteiger partial charge in [-0.25, -0.2) is 9.48 Å². The molecule has 0 unspecified atom stereocenters. The van der Waals surface area contributed by atoms with Crippen LogP contribution in [0.25, 0.3) is 21.3 Å². The van der Waals surface area contributed by atoms with Gasteiger partial charge in [0, 0.05) is 24.5 Å². The first-order valence-electron chi connectivity index (χ1n) is 12.4. The molecule has 3 aromatic rings. The van der Waals surface area contributed by atoms with E-state index >= 15 is 0 Å². The van der Waals surface area contributed by atoms with E-state index in [1.54, 1.807) is 16.0 Å². The molecule has 0 bridgehead atoms. The average molecular weight is 497 g/mol. The third kappa shape index (κ3) is 6.11. The van der Waals surface area contributed by atoms with E-state index in [-0.39, 0.29) is 17.7 Å². The summed E-state index contributed by atoms with van der Waals surface area (Å²) in [6, 6.07) is 11.8. The standard InChI is InChI=1S/C27H36N4O3S/c1-19(2)30(26(33)34-27(3,4)5)17-20-10-8-14-29(16-20)18-31-25(32)22-12-7-6-11-21(22)24(28-31)23-13-9-15-35-23/h6-7,9,11-13,15,19-20H,8,10,14,16-18H2,1-5H3/t20-/m0/s1. The average Bonchev–Trinajstić information content (AvgIpc) is 3.33. The van der Waals surface area contributed by atoms with E-state index in [1.807, 2.05) is 81.3 Å². The molecule has 0 saturated carbocycles. The van der Waals surface area contributed by atoms with Gasteiger partial charge in [0.05, 0.1) is 16.9 Å². The van der Waals surface area contributed by atoms with Gasteiger partial charge in [0.2, 0.25) is 0 Å². The van der Waals surface area contributed by atoms with E-state index in [9.17, 15) is 9.59 Å². The van der Waals surface area contributed by atoms with Crippen molar-refractivity contribution in [3.05, 3.63) is 52.1 Å². The van der Waals surface area contributed by atoms with Crippen LogP contribution in [0.1, 0.15) is 47.5 Å². The smallest absolute Gasteiger partial charge is 0.410 e. The molecule has 1 atom stereocenters.